The fourth-order valence-corrected chi connectivity index (χ4v) is 4.95. The quantitative estimate of drug-likeness (QED) is 0.466. The van der Waals surface area contributed by atoms with Gasteiger partial charge in [0.1, 0.15) is 0 Å². The molecule has 0 aliphatic carbocycles. The van der Waals surface area contributed by atoms with Crippen molar-refractivity contribution < 1.29 is 22.7 Å². The molecule has 0 saturated heterocycles. The van der Waals surface area contributed by atoms with Crippen molar-refractivity contribution in [2.24, 2.45) is 0 Å². The van der Waals surface area contributed by atoms with Crippen LogP contribution >= 0.6 is 11.3 Å². The Balaban J connectivity index is 1.87. The first kappa shape index (κ1) is 19.9. The van der Waals surface area contributed by atoms with E-state index in [0.717, 1.165) is 15.9 Å². The van der Waals surface area contributed by atoms with Gasteiger partial charge in [0.2, 0.25) is 0 Å². The zero-order valence-corrected chi connectivity index (χ0v) is 17.1. The fraction of sp³-hybridized carbons (Fsp3) is 0.105. The third-order valence-corrected chi connectivity index (χ3v) is 6.87. The average molecular weight is 445 g/mol. The first-order chi connectivity index (χ1) is 14.2. The lowest BCUT2D eigenvalue weighted by atomic mass is 9.91. The minimum atomic E-state index is -3.97. The number of carbonyl (C=O) groups is 1. The van der Waals surface area contributed by atoms with Crippen molar-refractivity contribution in [1.29, 1.82) is 0 Å². The minimum absolute atomic E-state index is 0.0505. The maximum Gasteiger partial charge on any atom is 0.421 e. The van der Waals surface area contributed by atoms with E-state index in [4.69, 9.17) is 4.42 Å². The fourth-order valence-electron chi connectivity index (χ4n) is 3.15. The molecule has 4 rings (SSSR count). The number of thiazole rings is 1. The SMILES string of the molecule is C[C@@](C(=O)O)(c1ccccc1)n1c(=O)oc2cc(S(=O)(=O)Nc3nccs3)ccc21. The second kappa shape index (κ2) is 7.11. The summed E-state index contributed by atoms with van der Waals surface area (Å²) in [7, 11) is -3.97. The molecule has 0 radical (unpaired) electrons. The van der Waals surface area contributed by atoms with Gasteiger partial charge < -0.3 is 9.52 Å². The molecule has 0 fully saturated rings. The van der Waals surface area contributed by atoms with E-state index in [1.165, 1.54) is 31.3 Å². The number of hydrogen-bond donors (Lipinski definition) is 2. The number of sulfonamides is 1. The number of rotatable bonds is 6. The van der Waals surface area contributed by atoms with Gasteiger partial charge in [0.25, 0.3) is 10.0 Å². The number of aliphatic carboxylic acids is 1. The highest BCUT2D eigenvalue weighted by Crippen LogP contribution is 2.30. The van der Waals surface area contributed by atoms with Gasteiger partial charge in [0, 0.05) is 17.6 Å². The molecule has 2 aromatic carbocycles. The van der Waals surface area contributed by atoms with Gasteiger partial charge in [0.05, 0.1) is 10.4 Å². The number of aromatic nitrogens is 2. The summed E-state index contributed by atoms with van der Waals surface area (Å²) < 4.78 is 33.8. The number of carboxylic acid groups (broad SMARTS) is 1. The van der Waals surface area contributed by atoms with Crippen molar-refractivity contribution in [2.75, 3.05) is 4.72 Å². The van der Waals surface area contributed by atoms with E-state index < -0.39 is 27.3 Å². The lowest BCUT2D eigenvalue weighted by Crippen LogP contribution is -2.44. The zero-order chi connectivity index (χ0) is 21.5. The minimum Gasteiger partial charge on any atom is -0.479 e. The number of fused-ring (bicyclic) bond motifs is 1. The van der Waals surface area contributed by atoms with Crippen LogP contribution in [-0.4, -0.2) is 29.0 Å². The summed E-state index contributed by atoms with van der Waals surface area (Å²) >= 11 is 1.11. The van der Waals surface area contributed by atoms with Gasteiger partial charge in [-0.05, 0) is 24.6 Å². The Hall–Kier alpha value is -3.44. The molecule has 11 heteroatoms. The van der Waals surface area contributed by atoms with E-state index in [0.29, 0.717) is 5.56 Å². The molecule has 0 saturated carbocycles. The average Bonchev–Trinajstić information content (AvgIpc) is 3.33. The van der Waals surface area contributed by atoms with Crippen molar-refractivity contribution >= 4 is 43.6 Å². The van der Waals surface area contributed by atoms with Gasteiger partial charge in [0.15, 0.2) is 16.3 Å². The molecule has 2 N–H and O–H groups in total. The Morgan fingerprint density at radius 3 is 2.60 bits per heavy atom. The number of oxazole rings is 1. The molecule has 0 bridgehead atoms. The van der Waals surface area contributed by atoms with Crippen molar-refractivity contribution in [3.8, 4) is 0 Å². The summed E-state index contributed by atoms with van der Waals surface area (Å²) in [5.41, 5.74) is -1.29. The summed E-state index contributed by atoms with van der Waals surface area (Å²) in [5.74, 6) is -2.18. The number of nitrogens with one attached hydrogen (secondary N) is 1. The summed E-state index contributed by atoms with van der Waals surface area (Å²) in [4.78, 5) is 28.6. The molecule has 154 valence electrons. The highest BCUT2D eigenvalue weighted by atomic mass is 32.2. The monoisotopic (exact) mass is 445 g/mol. The molecular weight excluding hydrogens is 430 g/mol. The van der Waals surface area contributed by atoms with E-state index in [2.05, 4.69) is 9.71 Å². The number of anilines is 1. The van der Waals surface area contributed by atoms with Crippen molar-refractivity contribution in [3.05, 3.63) is 76.2 Å². The summed E-state index contributed by atoms with van der Waals surface area (Å²) in [6, 6.07) is 12.0. The highest BCUT2D eigenvalue weighted by molar-refractivity contribution is 7.93. The van der Waals surface area contributed by atoms with E-state index in [1.54, 1.807) is 35.7 Å². The van der Waals surface area contributed by atoms with Crippen molar-refractivity contribution in [1.82, 2.24) is 9.55 Å². The first-order valence-electron chi connectivity index (χ1n) is 8.61. The Bertz CT molecular complexity index is 1390. The molecule has 0 aliphatic rings. The summed E-state index contributed by atoms with van der Waals surface area (Å²) in [5, 5.41) is 11.8. The predicted octanol–water partition coefficient (Wildman–Crippen LogP) is 2.70. The smallest absolute Gasteiger partial charge is 0.421 e. The molecule has 0 unspecified atom stereocenters. The zero-order valence-electron chi connectivity index (χ0n) is 15.5. The van der Waals surface area contributed by atoms with Crippen molar-refractivity contribution in [2.45, 2.75) is 17.4 Å². The second-order valence-corrected chi connectivity index (χ2v) is 9.10. The molecule has 4 aromatic rings. The number of benzene rings is 2. The number of carboxylic acids is 1. The predicted molar refractivity (Wildman–Crippen MR) is 110 cm³/mol. The van der Waals surface area contributed by atoms with Crippen LogP contribution in [0.4, 0.5) is 5.13 Å². The van der Waals surface area contributed by atoms with Crippen LogP contribution in [0.15, 0.2) is 74.2 Å². The number of hydrogen-bond acceptors (Lipinski definition) is 7. The number of nitrogens with zero attached hydrogens (tertiary/aromatic N) is 2. The van der Waals surface area contributed by atoms with Gasteiger partial charge in [-0.1, -0.05) is 30.3 Å². The van der Waals surface area contributed by atoms with E-state index in [-0.39, 0.29) is 21.1 Å². The molecule has 0 spiro atoms. The Morgan fingerprint density at radius 1 is 1.23 bits per heavy atom. The summed E-state index contributed by atoms with van der Waals surface area (Å²) in [6.07, 6.45) is 1.46. The van der Waals surface area contributed by atoms with E-state index in [1.807, 2.05) is 0 Å². The molecule has 1 atom stereocenters. The Morgan fingerprint density at radius 2 is 1.97 bits per heavy atom. The normalized spacial score (nSPS) is 13.8. The third kappa shape index (κ3) is 3.17. The van der Waals surface area contributed by atoms with Crippen LogP contribution in [0, 0.1) is 0 Å². The Labute approximate surface area is 174 Å². The van der Waals surface area contributed by atoms with Crippen LogP contribution in [0.5, 0.6) is 0 Å². The van der Waals surface area contributed by atoms with E-state index in [9.17, 15) is 23.1 Å². The maximum absolute atomic E-state index is 12.6. The van der Waals surface area contributed by atoms with Gasteiger partial charge in [-0.25, -0.2) is 23.0 Å². The van der Waals surface area contributed by atoms with Crippen LogP contribution in [0.25, 0.3) is 11.1 Å². The van der Waals surface area contributed by atoms with Crippen molar-refractivity contribution in [3.63, 3.8) is 0 Å². The second-order valence-electron chi connectivity index (χ2n) is 6.52. The third-order valence-electron chi connectivity index (χ3n) is 4.72. The van der Waals surface area contributed by atoms with Crippen LogP contribution < -0.4 is 10.5 Å². The molecular formula is C19H15N3O6S2. The molecule has 0 amide bonds. The maximum atomic E-state index is 12.6. The summed E-state index contributed by atoms with van der Waals surface area (Å²) in [6.45, 7) is 1.38. The first-order valence-corrected chi connectivity index (χ1v) is 11.0. The van der Waals surface area contributed by atoms with Gasteiger partial charge in [-0.15, -0.1) is 11.3 Å². The highest BCUT2D eigenvalue weighted by Gasteiger charge is 2.40. The molecule has 2 aromatic heterocycles. The van der Waals surface area contributed by atoms with Crippen LogP contribution in [-0.2, 0) is 20.4 Å². The van der Waals surface area contributed by atoms with Crippen LogP contribution in [0.3, 0.4) is 0 Å². The van der Waals surface area contributed by atoms with Crippen LogP contribution in [0.1, 0.15) is 12.5 Å². The standard InChI is InChI=1S/C19H15N3O6S2/c1-19(16(23)24,12-5-3-2-4-6-12)22-14-8-7-13(11-15(14)28-18(22)25)30(26,27)21-17-20-9-10-29-17/h2-11H,1H3,(H,20,21)(H,23,24)/t19-/m0/s1. The molecule has 0 aliphatic heterocycles. The van der Waals surface area contributed by atoms with Gasteiger partial charge in [-0.3, -0.25) is 9.29 Å². The molecule has 9 nitrogen and oxygen atoms in total. The lowest BCUT2D eigenvalue weighted by molar-refractivity contribution is -0.144. The largest absolute Gasteiger partial charge is 0.479 e. The molecule has 30 heavy (non-hydrogen) atoms. The molecule has 2 heterocycles. The van der Waals surface area contributed by atoms with Gasteiger partial charge >= 0.3 is 11.7 Å². The Kier molecular flexibility index (Phi) is 4.71. The lowest BCUT2D eigenvalue weighted by Gasteiger charge is -2.26. The van der Waals surface area contributed by atoms with Gasteiger partial charge in [-0.2, -0.15) is 0 Å². The van der Waals surface area contributed by atoms with E-state index >= 15 is 0 Å². The van der Waals surface area contributed by atoms with Crippen LogP contribution in [0.2, 0.25) is 0 Å². The topological polar surface area (TPSA) is 132 Å².